The fraction of sp³-hybridized carbons (Fsp3) is 0. The van der Waals surface area contributed by atoms with E-state index in [9.17, 15) is 0 Å². The van der Waals surface area contributed by atoms with Gasteiger partial charge in [-0.2, -0.15) is 10.3 Å². The minimum atomic E-state index is 0.574. The predicted octanol–water partition coefficient (Wildman–Crippen LogP) is 3.69. The first kappa shape index (κ1) is 13.8. The van der Waals surface area contributed by atoms with E-state index in [1.54, 1.807) is 0 Å². The number of hydrogen-bond donors (Lipinski definition) is 2. The molecule has 7 heteroatoms. The molecule has 0 unspecified atom stereocenters. The quantitative estimate of drug-likeness (QED) is 0.579. The zero-order valence-corrected chi connectivity index (χ0v) is 13.4. The average molecular weight is 367 g/mol. The molecule has 112 valence electrons. The Morgan fingerprint density at radius 3 is 2.22 bits per heavy atom. The second-order valence-corrected chi connectivity index (χ2v) is 5.73. The molecule has 2 N–H and O–H groups in total. The van der Waals surface area contributed by atoms with Gasteiger partial charge in [0.15, 0.2) is 0 Å². The molecule has 0 saturated heterocycles. The van der Waals surface area contributed by atoms with Crippen LogP contribution in [0.4, 0.5) is 0 Å². The number of tetrazole rings is 1. The third-order valence-corrected chi connectivity index (χ3v) is 4.30. The molecule has 23 heavy (non-hydrogen) atoms. The van der Waals surface area contributed by atoms with E-state index in [1.807, 2.05) is 54.6 Å². The van der Waals surface area contributed by atoms with Gasteiger partial charge in [-0.1, -0.05) is 54.6 Å². The van der Waals surface area contributed by atoms with Crippen molar-refractivity contribution in [1.29, 1.82) is 0 Å². The lowest BCUT2D eigenvalue weighted by atomic mass is 10.1. The highest BCUT2D eigenvalue weighted by Gasteiger charge is 2.14. The van der Waals surface area contributed by atoms with Crippen LogP contribution in [0.1, 0.15) is 0 Å². The summed E-state index contributed by atoms with van der Waals surface area (Å²) >= 11 is 3.65. The lowest BCUT2D eigenvalue weighted by Gasteiger charge is -2.01. The van der Waals surface area contributed by atoms with E-state index in [2.05, 4.69) is 46.8 Å². The summed E-state index contributed by atoms with van der Waals surface area (Å²) in [5, 5.41) is 21.5. The SMILES string of the molecule is Brc1c(-c2ccccc2)n[nH]c1-c1ccc(-c2nn[nH]n2)cc1. The molecule has 0 aliphatic carbocycles. The molecule has 0 aliphatic rings. The van der Waals surface area contributed by atoms with Crippen LogP contribution >= 0.6 is 15.9 Å². The molecule has 2 aromatic heterocycles. The van der Waals surface area contributed by atoms with E-state index < -0.39 is 0 Å². The van der Waals surface area contributed by atoms with Crippen LogP contribution in [0.15, 0.2) is 59.1 Å². The van der Waals surface area contributed by atoms with Gasteiger partial charge in [-0.05, 0) is 21.1 Å². The molecule has 0 bridgehead atoms. The Hall–Kier alpha value is -2.80. The van der Waals surface area contributed by atoms with Crippen molar-refractivity contribution in [3.63, 3.8) is 0 Å². The predicted molar refractivity (Wildman–Crippen MR) is 90.3 cm³/mol. The molecule has 0 atom stereocenters. The maximum absolute atomic E-state index is 4.42. The number of H-pyrrole nitrogens is 2. The number of nitrogens with one attached hydrogen (secondary N) is 2. The maximum atomic E-state index is 4.42. The number of nitrogens with zero attached hydrogens (tertiary/aromatic N) is 4. The van der Waals surface area contributed by atoms with Crippen molar-refractivity contribution in [3.8, 4) is 33.9 Å². The van der Waals surface area contributed by atoms with E-state index >= 15 is 0 Å². The first-order valence-corrected chi connectivity index (χ1v) is 7.76. The Morgan fingerprint density at radius 1 is 0.783 bits per heavy atom. The standard InChI is InChI=1S/C16H11BrN6/c17-13-14(10-4-2-1-3-5-10)18-19-15(13)11-6-8-12(9-7-11)16-20-22-23-21-16/h1-9H,(H,18,19)(H,20,21,22,23). The molecule has 4 rings (SSSR count). The highest BCUT2D eigenvalue weighted by molar-refractivity contribution is 9.10. The summed E-state index contributed by atoms with van der Waals surface area (Å²) in [7, 11) is 0. The van der Waals surface area contributed by atoms with Crippen LogP contribution < -0.4 is 0 Å². The van der Waals surface area contributed by atoms with Gasteiger partial charge in [-0.25, -0.2) is 0 Å². The van der Waals surface area contributed by atoms with Crippen molar-refractivity contribution in [2.24, 2.45) is 0 Å². The molecule has 0 aliphatic heterocycles. The van der Waals surface area contributed by atoms with E-state index in [-0.39, 0.29) is 0 Å². The number of aromatic amines is 2. The van der Waals surface area contributed by atoms with E-state index in [0.29, 0.717) is 5.82 Å². The maximum Gasteiger partial charge on any atom is 0.204 e. The van der Waals surface area contributed by atoms with E-state index in [4.69, 9.17) is 0 Å². The van der Waals surface area contributed by atoms with E-state index in [1.165, 1.54) is 0 Å². The van der Waals surface area contributed by atoms with Crippen molar-refractivity contribution in [2.45, 2.75) is 0 Å². The van der Waals surface area contributed by atoms with Crippen LogP contribution in [0.5, 0.6) is 0 Å². The third-order valence-electron chi connectivity index (χ3n) is 3.53. The second kappa shape index (κ2) is 5.77. The number of aromatic nitrogens is 6. The van der Waals surface area contributed by atoms with Gasteiger partial charge in [-0.15, -0.1) is 10.2 Å². The molecule has 4 aromatic rings. The van der Waals surface area contributed by atoms with Crippen LogP contribution in [0.25, 0.3) is 33.9 Å². The molecular formula is C16H11BrN6. The topological polar surface area (TPSA) is 83.1 Å². The van der Waals surface area contributed by atoms with Crippen LogP contribution in [-0.4, -0.2) is 30.8 Å². The van der Waals surface area contributed by atoms with Crippen molar-refractivity contribution >= 4 is 15.9 Å². The Labute approximate surface area is 140 Å². The Kier molecular flexibility index (Phi) is 3.47. The molecule has 6 nitrogen and oxygen atoms in total. The first-order chi connectivity index (χ1) is 11.3. The van der Waals surface area contributed by atoms with Gasteiger partial charge in [0.1, 0.15) is 5.69 Å². The number of rotatable bonds is 3. The van der Waals surface area contributed by atoms with Gasteiger partial charge in [0, 0.05) is 16.7 Å². The molecule has 0 spiro atoms. The molecule has 2 heterocycles. The fourth-order valence-electron chi connectivity index (χ4n) is 2.38. The monoisotopic (exact) mass is 366 g/mol. The lowest BCUT2D eigenvalue weighted by Crippen LogP contribution is -1.83. The van der Waals surface area contributed by atoms with Gasteiger partial charge in [0.05, 0.1) is 10.2 Å². The smallest absolute Gasteiger partial charge is 0.204 e. The van der Waals surface area contributed by atoms with Gasteiger partial charge in [0.2, 0.25) is 5.82 Å². The van der Waals surface area contributed by atoms with Crippen molar-refractivity contribution in [2.75, 3.05) is 0 Å². The zero-order chi connectivity index (χ0) is 15.6. The second-order valence-electron chi connectivity index (χ2n) is 4.94. The summed E-state index contributed by atoms with van der Waals surface area (Å²) in [4.78, 5) is 0. The van der Waals surface area contributed by atoms with Gasteiger partial charge in [0.25, 0.3) is 0 Å². The Bertz CT molecular complexity index is 913. The van der Waals surface area contributed by atoms with Gasteiger partial charge < -0.3 is 0 Å². The number of hydrogen-bond acceptors (Lipinski definition) is 4. The van der Waals surface area contributed by atoms with Gasteiger partial charge >= 0.3 is 0 Å². The summed E-state index contributed by atoms with van der Waals surface area (Å²) in [6, 6.07) is 17.9. The van der Waals surface area contributed by atoms with E-state index in [0.717, 1.165) is 32.6 Å². The van der Waals surface area contributed by atoms with Crippen LogP contribution in [0.3, 0.4) is 0 Å². The number of halogens is 1. The largest absolute Gasteiger partial charge is 0.276 e. The van der Waals surface area contributed by atoms with Crippen molar-refractivity contribution < 1.29 is 0 Å². The molecular weight excluding hydrogens is 356 g/mol. The Balaban J connectivity index is 1.70. The van der Waals surface area contributed by atoms with Gasteiger partial charge in [-0.3, -0.25) is 5.10 Å². The number of benzene rings is 2. The first-order valence-electron chi connectivity index (χ1n) is 6.96. The minimum Gasteiger partial charge on any atom is -0.276 e. The summed E-state index contributed by atoms with van der Waals surface area (Å²) in [5.41, 5.74) is 4.82. The summed E-state index contributed by atoms with van der Waals surface area (Å²) in [6.45, 7) is 0. The molecule has 0 saturated carbocycles. The molecule has 2 aromatic carbocycles. The van der Waals surface area contributed by atoms with Crippen molar-refractivity contribution in [1.82, 2.24) is 30.8 Å². The zero-order valence-electron chi connectivity index (χ0n) is 11.9. The van der Waals surface area contributed by atoms with Crippen LogP contribution in [-0.2, 0) is 0 Å². The molecule has 0 fully saturated rings. The van der Waals surface area contributed by atoms with Crippen LogP contribution in [0, 0.1) is 0 Å². The average Bonchev–Trinajstić information content (AvgIpc) is 3.26. The van der Waals surface area contributed by atoms with Crippen LogP contribution in [0.2, 0.25) is 0 Å². The Morgan fingerprint density at radius 2 is 1.52 bits per heavy atom. The molecule has 0 amide bonds. The fourth-order valence-corrected chi connectivity index (χ4v) is 3.01. The molecule has 0 radical (unpaired) electrons. The lowest BCUT2D eigenvalue weighted by molar-refractivity contribution is 0.881. The summed E-state index contributed by atoms with van der Waals surface area (Å²) in [6.07, 6.45) is 0. The normalized spacial score (nSPS) is 10.8. The third kappa shape index (κ3) is 2.55. The highest BCUT2D eigenvalue weighted by Crippen LogP contribution is 2.34. The summed E-state index contributed by atoms with van der Waals surface area (Å²) < 4.78 is 0.941. The minimum absolute atomic E-state index is 0.574. The van der Waals surface area contributed by atoms with Crippen molar-refractivity contribution in [3.05, 3.63) is 59.1 Å². The summed E-state index contributed by atoms with van der Waals surface area (Å²) in [5.74, 6) is 0.574. The highest BCUT2D eigenvalue weighted by atomic mass is 79.9.